The van der Waals surface area contributed by atoms with E-state index in [4.69, 9.17) is 12.9 Å². The number of rotatable bonds is 2. The summed E-state index contributed by atoms with van der Waals surface area (Å²) in [5.74, 6) is 0. The molecule has 0 spiro atoms. The Bertz CT molecular complexity index is 526. The van der Waals surface area contributed by atoms with Crippen LogP contribution in [-0.2, 0) is 0 Å². The standard InChI is InChI=1S/C16H19N3/c17-13-5-1-11(2-6-13)15-9-10-16(19-15)12-3-7-14(18)8-4-12/h1-8,15-16,19H,9-10,17-18H2/i/hD. The molecule has 1 aliphatic heterocycles. The van der Waals surface area contributed by atoms with Gasteiger partial charge in [-0.05, 0) is 48.2 Å². The van der Waals surface area contributed by atoms with Crippen LogP contribution in [0.5, 0.6) is 0 Å². The van der Waals surface area contributed by atoms with Gasteiger partial charge in [-0.25, -0.2) is 0 Å². The molecule has 0 saturated carbocycles. The molecule has 0 aliphatic carbocycles. The van der Waals surface area contributed by atoms with Crippen LogP contribution < -0.4 is 16.8 Å². The maximum Gasteiger partial charge on any atom is 0.123 e. The molecule has 19 heavy (non-hydrogen) atoms. The summed E-state index contributed by atoms with van der Waals surface area (Å²) in [6.45, 7) is 0. The monoisotopic (exact) mass is 254 g/mol. The average molecular weight is 254 g/mol. The Morgan fingerprint density at radius 3 is 1.53 bits per heavy atom. The van der Waals surface area contributed by atoms with Crippen LogP contribution in [0.25, 0.3) is 0 Å². The first-order valence-electron chi connectivity index (χ1n) is 7.08. The van der Waals surface area contributed by atoms with E-state index in [9.17, 15) is 0 Å². The number of benzene rings is 2. The molecule has 0 amide bonds. The van der Waals surface area contributed by atoms with E-state index in [1.165, 1.54) is 0 Å². The van der Waals surface area contributed by atoms with Crippen molar-refractivity contribution in [3.05, 3.63) is 59.7 Å². The Labute approximate surface area is 115 Å². The fourth-order valence-corrected chi connectivity index (χ4v) is 2.62. The second kappa shape index (κ2) is 4.94. The summed E-state index contributed by atoms with van der Waals surface area (Å²) in [4.78, 5) is 0. The molecule has 2 aromatic rings. The topological polar surface area (TPSA) is 64.1 Å². The van der Waals surface area contributed by atoms with Crippen molar-refractivity contribution in [3.8, 4) is 0 Å². The summed E-state index contributed by atoms with van der Waals surface area (Å²) in [5, 5.41) is 1.71. The first kappa shape index (κ1) is 10.9. The van der Waals surface area contributed by atoms with Gasteiger partial charge in [-0.3, -0.25) is 0 Å². The van der Waals surface area contributed by atoms with Gasteiger partial charge in [-0.1, -0.05) is 24.3 Å². The van der Waals surface area contributed by atoms with Crippen molar-refractivity contribution in [2.75, 3.05) is 11.5 Å². The highest BCUT2D eigenvalue weighted by atomic mass is 15.0. The second-order valence-electron chi connectivity index (χ2n) is 5.09. The molecule has 1 aliphatic rings. The normalized spacial score (nSPS) is 24.3. The van der Waals surface area contributed by atoms with Crippen molar-refractivity contribution >= 4 is 11.4 Å². The van der Waals surface area contributed by atoms with Crippen LogP contribution in [-0.4, -0.2) is 0 Å². The van der Waals surface area contributed by atoms with Crippen molar-refractivity contribution in [1.82, 2.24) is 5.31 Å². The van der Waals surface area contributed by atoms with Crippen LogP contribution in [0.4, 0.5) is 11.4 Å². The fraction of sp³-hybridized carbons (Fsp3) is 0.250. The van der Waals surface area contributed by atoms with Gasteiger partial charge in [-0.15, -0.1) is 0 Å². The average Bonchev–Trinajstić information content (AvgIpc) is 2.83. The number of anilines is 2. The lowest BCUT2D eigenvalue weighted by Gasteiger charge is -2.15. The molecule has 5 N–H and O–H groups in total. The molecule has 98 valence electrons. The molecule has 0 bridgehead atoms. The summed E-state index contributed by atoms with van der Waals surface area (Å²) < 4.78 is 8.40. The van der Waals surface area contributed by atoms with Crippen LogP contribution in [0.1, 0.15) is 36.1 Å². The highest BCUT2D eigenvalue weighted by Crippen LogP contribution is 2.34. The van der Waals surface area contributed by atoms with Crippen LogP contribution >= 0.6 is 0 Å². The van der Waals surface area contributed by atoms with Crippen molar-refractivity contribution in [2.24, 2.45) is 0 Å². The van der Waals surface area contributed by atoms with Crippen molar-refractivity contribution in [3.63, 3.8) is 0 Å². The summed E-state index contributed by atoms with van der Waals surface area (Å²) in [7, 11) is 0. The number of nitrogens with one attached hydrogen (secondary N) is 1. The summed E-state index contributed by atoms with van der Waals surface area (Å²) >= 11 is 0. The molecule has 0 aromatic heterocycles. The Morgan fingerprint density at radius 2 is 1.16 bits per heavy atom. The van der Waals surface area contributed by atoms with Gasteiger partial charge < -0.3 is 16.8 Å². The number of nitrogens with two attached hydrogens (primary N) is 2. The molecule has 2 aromatic carbocycles. The molecule has 2 unspecified atom stereocenters. The summed E-state index contributed by atoms with van der Waals surface area (Å²) in [6.07, 6.45) is 1.98. The third kappa shape index (κ3) is 2.56. The maximum atomic E-state index is 8.40. The SMILES string of the molecule is [2H]N1C(c2ccc(N)cc2)CCC1c1ccc(N)cc1. The van der Waals surface area contributed by atoms with Crippen molar-refractivity contribution in [2.45, 2.75) is 24.9 Å². The van der Waals surface area contributed by atoms with Gasteiger partial charge in [0.05, 0.1) is 0 Å². The molecule has 1 fully saturated rings. The first-order valence-corrected chi connectivity index (χ1v) is 6.63. The quantitative estimate of drug-likeness (QED) is 0.722. The van der Waals surface area contributed by atoms with E-state index < -0.39 is 0 Å². The predicted octanol–water partition coefficient (Wildman–Crippen LogP) is 3.02. The highest BCUT2D eigenvalue weighted by molar-refractivity contribution is 5.42. The molecule has 1 heterocycles. The second-order valence-corrected chi connectivity index (χ2v) is 5.09. The first-order chi connectivity index (χ1) is 9.65. The number of nitrogen functional groups attached to an aromatic ring is 2. The van der Waals surface area contributed by atoms with Crippen molar-refractivity contribution in [1.29, 1.82) is 0 Å². The number of hydrogen-bond donors (Lipinski definition) is 3. The summed E-state index contributed by atoms with van der Waals surface area (Å²) in [6, 6.07) is 16.0. The maximum absolute atomic E-state index is 8.40. The van der Waals surface area contributed by atoms with Crippen LogP contribution in [0, 0.1) is 0 Å². The van der Waals surface area contributed by atoms with Crippen LogP contribution in [0.3, 0.4) is 0 Å². The smallest absolute Gasteiger partial charge is 0.123 e. The van der Waals surface area contributed by atoms with Crippen molar-refractivity contribution < 1.29 is 1.41 Å². The Hall–Kier alpha value is -2.00. The van der Waals surface area contributed by atoms with Gasteiger partial charge >= 0.3 is 0 Å². The van der Waals surface area contributed by atoms with E-state index in [2.05, 4.69) is 0 Å². The van der Waals surface area contributed by atoms with Gasteiger partial charge in [0, 0.05) is 23.5 Å². The lowest BCUT2D eigenvalue weighted by Crippen LogP contribution is -2.17. The third-order valence-corrected chi connectivity index (χ3v) is 3.72. The Morgan fingerprint density at radius 1 is 0.789 bits per heavy atom. The molecule has 2 atom stereocenters. The Kier molecular flexibility index (Phi) is 2.83. The molecule has 1 saturated heterocycles. The lowest BCUT2D eigenvalue weighted by atomic mass is 10.0. The van der Waals surface area contributed by atoms with E-state index in [-0.39, 0.29) is 12.1 Å². The van der Waals surface area contributed by atoms with E-state index in [0.717, 1.165) is 35.3 Å². The molecular formula is C16H19N3. The van der Waals surface area contributed by atoms with Gasteiger partial charge in [0.25, 0.3) is 0 Å². The lowest BCUT2D eigenvalue weighted by molar-refractivity contribution is 0.575. The predicted molar refractivity (Wildman–Crippen MR) is 79.6 cm³/mol. The van der Waals surface area contributed by atoms with E-state index in [1.807, 2.05) is 48.5 Å². The van der Waals surface area contributed by atoms with Gasteiger partial charge in [0.15, 0.2) is 0 Å². The molecular weight excluding hydrogens is 234 g/mol. The van der Waals surface area contributed by atoms with E-state index in [1.54, 1.807) is 5.31 Å². The molecule has 0 radical (unpaired) electrons. The molecule has 3 heteroatoms. The minimum atomic E-state index is 0.137. The summed E-state index contributed by atoms with van der Waals surface area (Å²) in [5.41, 5.74) is 15.3. The molecule has 3 rings (SSSR count). The van der Waals surface area contributed by atoms with Gasteiger partial charge in [0.2, 0.25) is 0 Å². The number of hydrogen-bond acceptors (Lipinski definition) is 3. The molecule has 3 nitrogen and oxygen atoms in total. The largest absolute Gasteiger partial charge is 0.399 e. The fourth-order valence-electron chi connectivity index (χ4n) is 2.62. The van der Waals surface area contributed by atoms with Crippen LogP contribution in [0.15, 0.2) is 48.5 Å². The van der Waals surface area contributed by atoms with Crippen LogP contribution in [0.2, 0.25) is 1.41 Å². The zero-order chi connectivity index (χ0) is 14.1. The zero-order valence-corrected chi connectivity index (χ0v) is 10.8. The highest BCUT2D eigenvalue weighted by Gasteiger charge is 2.25. The van der Waals surface area contributed by atoms with E-state index in [0.29, 0.717) is 0 Å². The minimum absolute atomic E-state index is 0.137. The zero-order valence-electron chi connectivity index (χ0n) is 11.8. The Balaban J connectivity index is 1.81. The van der Waals surface area contributed by atoms with Gasteiger partial charge in [0.1, 0.15) is 1.41 Å². The third-order valence-electron chi connectivity index (χ3n) is 3.72. The van der Waals surface area contributed by atoms with Gasteiger partial charge in [-0.2, -0.15) is 0 Å². The van der Waals surface area contributed by atoms with E-state index >= 15 is 0 Å². The minimum Gasteiger partial charge on any atom is -0.399 e.